The maximum Gasteiger partial charge on any atom is 0.283 e. The Bertz CT molecular complexity index is 611. The van der Waals surface area contributed by atoms with Gasteiger partial charge in [0.05, 0.1) is 14.3 Å². The lowest BCUT2D eigenvalue weighted by Crippen LogP contribution is -1.92. The zero-order chi connectivity index (χ0) is 13.1. The molecule has 2 aromatic rings. The van der Waals surface area contributed by atoms with Gasteiger partial charge in [-0.15, -0.1) is 0 Å². The van der Waals surface area contributed by atoms with Crippen LogP contribution in [0.25, 0.3) is 0 Å². The summed E-state index contributed by atoms with van der Waals surface area (Å²) >= 11 is 10.1. The Balaban J connectivity index is 2.40. The molecule has 18 heavy (non-hydrogen) atoms. The number of hydrogen-bond donors (Lipinski definition) is 0. The number of rotatable bonds is 3. The summed E-state index contributed by atoms with van der Waals surface area (Å²) in [5, 5.41) is 11.5. The highest BCUT2D eigenvalue weighted by Gasteiger charge is 2.15. The molecule has 2 rings (SSSR count). The van der Waals surface area contributed by atoms with Crippen LogP contribution in [-0.2, 0) is 0 Å². The van der Waals surface area contributed by atoms with Crippen molar-refractivity contribution in [2.45, 2.75) is 9.92 Å². The zero-order valence-corrected chi connectivity index (χ0v) is 11.9. The van der Waals surface area contributed by atoms with Crippen LogP contribution in [0, 0.1) is 10.1 Å². The van der Waals surface area contributed by atoms with E-state index < -0.39 is 4.92 Å². The average molecular weight is 347 g/mol. The minimum atomic E-state index is -0.432. The Labute approximate surface area is 120 Å². The quantitative estimate of drug-likeness (QED) is 0.364. The van der Waals surface area contributed by atoms with Gasteiger partial charge in [-0.3, -0.25) is 10.1 Å². The van der Waals surface area contributed by atoms with E-state index >= 15 is 0 Å². The molecule has 0 N–H and O–H groups in total. The van der Waals surface area contributed by atoms with Crippen LogP contribution < -0.4 is 0 Å². The van der Waals surface area contributed by atoms with Crippen LogP contribution in [0.15, 0.2) is 44.9 Å². The van der Waals surface area contributed by atoms with Gasteiger partial charge in [0.1, 0.15) is 5.03 Å². The zero-order valence-electron chi connectivity index (χ0n) is 8.71. The Morgan fingerprint density at radius 2 is 2.11 bits per heavy atom. The monoisotopic (exact) mass is 345 g/mol. The predicted octanol–water partition coefficient (Wildman–Crippen LogP) is 3.95. The smallest absolute Gasteiger partial charge is 0.258 e. The molecular weight excluding hydrogens is 342 g/mol. The van der Waals surface area contributed by atoms with Crippen LogP contribution in [0.1, 0.15) is 0 Å². The number of halogens is 2. The van der Waals surface area contributed by atoms with E-state index in [4.69, 9.17) is 11.6 Å². The molecule has 0 spiro atoms. The van der Waals surface area contributed by atoms with E-state index in [1.54, 1.807) is 18.2 Å². The maximum atomic E-state index is 10.9. The van der Waals surface area contributed by atoms with Crippen molar-refractivity contribution in [2.24, 2.45) is 0 Å². The minimum Gasteiger partial charge on any atom is -0.258 e. The minimum absolute atomic E-state index is 0.0316. The number of benzene rings is 1. The van der Waals surface area contributed by atoms with E-state index in [1.165, 1.54) is 12.3 Å². The lowest BCUT2D eigenvalue weighted by Gasteiger charge is -2.03. The van der Waals surface area contributed by atoms with Gasteiger partial charge in [-0.05, 0) is 33.6 Å². The summed E-state index contributed by atoms with van der Waals surface area (Å²) in [7, 11) is 0. The standard InChI is InChI=1S/C10H5BrClN3O2S/c11-6-5-13-10(12)14-9(6)18-8-4-2-1-3-7(8)15(16)17/h1-5H. The Kier molecular flexibility index (Phi) is 4.15. The van der Waals surface area contributed by atoms with Gasteiger partial charge in [0.15, 0.2) is 0 Å². The SMILES string of the molecule is O=[N+]([O-])c1ccccc1Sc1nc(Cl)ncc1Br. The van der Waals surface area contributed by atoms with E-state index in [0.29, 0.717) is 14.4 Å². The molecule has 0 aliphatic heterocycles. The summed E-state index contributed by atoms with van der Waals surface area (Å²) < 4.78 is 0.634. The summed E-state index contributed by atoms with van der Waals surface area (Å²) in [5.41, 5.74) is 0.0316. The normalized spacial score (nSPS) is 10.3. The lowest BCUT2D eigenvalue weighted by molar-refractivity contribution is -0.387. The number of aromatic nitrogens is 2. The topological polar surface area (TPSA) is 68.9 Å². The molecule has 0 aliphatic carbocycles. The molecule has 0 unspecified atom stereocenters. The predicted molar refractivity (Wildman–Crippen MR) is 72.0 cm³/mol. The first-order chi connectivity index (χ1) is 8.58. The van der Waals surface area contributed by atoms with Crippen LogP contribution in [0.3, 0.4) is 0 Å². The van der Waals surface area contributed by atoms with Crippen molar-refractivity contribution < 1.29 is 4.92 Å². The van der Waals surface area contributed by atoms with Crippen LogP contribution in [-0.4, -0.2) is 14.9 Å². The first-order valence-corrected chi connectivity index (χ1v) is 6.66. The highest BCUT2D eigenvalue weighted by atomic mass is 79.9. The van der Waals surface area contributed by atoms with Gasteiger partial charge in [-0.25, -0.2) is 9.97 Å². The number of nitro benzene ring substituents is 1. The second-order valence-electron chi connectivity index (χ2n) is 3.12. The maximum absolute atomic E-state index is 10.9. The first-order valence-electron chi connectivity index (χ1n) is 4.67. The third kappa shape index (κ3) is 2.98. The van der Waals surface area contributed by atoms with Crippen LogP contribution in [0.2, 0.25) is 5.28 Å². The van der Waals surface area contributed by atoms with Crippen molar-refractivity contribution in [3.63, 3.8) is 0 Å². The van der Waals surface area contributed by atoms with Crippen LogP contribution in [0.5, 0.6) is 0 Å². The third-order valence-electron chi connectivity index (χ3n) is 1.95. The molecule has 8 heteroatoms. The van der Waals surface area contributed by atoms with E-state index in [-0.39, 0.29) is 11.0 Å². The lowest BCUT2D eigenvalue weighted by atomic mass is 10.3. The first kappa shape index (κ1) is 13.3. The fraction of sp³-hybridized carbons (Fsp3) is 0. The molecule has 0 saturated carbocycles. The molecule has 0 aliphatic rings. The van der Waals surface area contributed by atoms with Crippen molar-refractivity contribution >= 4 is 45.0 Å². The molecule has 1 heterocycles. The van der Waals surface area contributed by atoms with E-state index in [9.17, 15) is 10.1 Å². The van der Waals surface area contributed by atoms with E-state index in [1.807, 2.05) is 0 Å². The van der Waals surface area contributed by atoms with Crippen molar-refractivity contribution in [1.29, 1.82) is 0 Å². The summed E-state index contributed by atoms with van der Waals surface area (Å²) in [5.74, 6) is 0. The fourth-order valence-corrected chi connectivity index (χ4v) is 2.70. The van der Waals surface area contributed by atoms with Crippen LogP contribution in [0.4, 0.5) is 5.69 Å². The third-order valence-corrected chi connectivity index (χ3v) is 4.05. The Morgan fingerprint density at radius 1 is 1.39 bits per heavy atom. The number of nitro groups is 1. The number of para-hydroxylation sites is 1. The summed E-state index contributed by atoms with van der Waals surface area (Å²) in [6.45, 7) is 0. The molecule has 0 amide bonds. The molecule has 0 atom stereocenters. The van der Waals surface area contributed by atoms with Crippen LogP contribution >= 0.6 is 39.3 Å². The second-order valence-corrected chi connectivity index (χ2v) is 5.34. The molecule has 0 saturated heterocycles. The van der Waals surface area contributed by atoms with Gasteiger partial charge in [0.25, 0.3) is 5.69 Å². The van der Waals surface area contributed by atoms with Gasteiger partial charge in [-0.1, -0.05) is 23.9 Å². The summed E-state index contributed by atoms with van der Waals surface area (Å²) in [6, 6.07) is 6.44. The van der Waals surface area contributed by atoms with E-state index in [0.717, 1.165) is 11.8 Å². The summed E-state index contributed by atoms with van der Waals surface area (Å²) in [4.78, 5) is 18.8. The highest BCUT2D eigenvalue weighted by Crippen LogP contribution is 2.36. The Hall–Kier alpha value is -1.18. The van der Waals surface area contributed by atoms with Gasteiger partial charge >= 0.3 is 0 Å². The van der Waals surface area contributed by atoms with Crippen molar-refractivity contribution in [3.8, 4) is 0 Å². The van der Waals surface area contributed by atoms with Gasteiger partial charge < -0.3 is 0 Å². The van der Waals surface area contributed by atoms with Crippen molar-refractivity contribution in [1.82, 2.24) is 9.97 Å². The van der Waals surface area contributed by atoms with Crippen molar-refractivity contribution in [3.05, 3.63) is 50.3 Å². The average Bonchev–Trinajstić information content (AvgIpc) is 2.34. The molecule has 1 aromatic carbocycles. The largest absolute Gasteiger partial charge is 0.283 e. The van der Waals surface area contributed by atoms with E-state index in [2.05, 4.69) is 25.9 Å². The summed E-state index contributed by atoms with van der Waals surface area (Å²) in [6.07, 6.45) is 1.51. The van der Waals surface area contributed by atoms with Crippen molar-refractivity contribution in [2.75, 3.05) is 0 Å². The molecule has 0 fully saturated rings. The Morgan fingerprint density at radius 3 is 2.83 bits per heavy atom. The molecule has 0 radical (unpaired) electrons. The molecule has 1 aromatic heterocycles. The number of hydrogen-bond acceptors (Lipinski definition) is 5. The number of nitrogens with zero attached hydrogens (tertiary/aromatic N) is 3. The molecule has 92 valence electrons. The van der Waals surface area contributed by atoms with Gasteiger partial charge in [-0.2, -0.15) is 0 Å². The van der Waals surface area contributed by atoms with Gasteiger partial charge in [0.2, 0.25) is 5.28 Å². The second kappa shape index (κ2) is 5.64. The van der Waals surface area contributed by atoms with Gasteiger partial charge in [0, 0.05) is 12.3 Å². The molecular formula is C10H5BrClN3O2S. The fourth-order valence-electron chi connectivity index (χ4n) is 1.20. The molecule has 5 nitrogen and oxygen atoms in total. The highest BCUT2D eigenvalue weighted by molar-refractivity contribution is 9.10. The molecule has 0 bridgehead atoms.